The molecule has 0 aliphatic carbocycles. The van der Waals surface area contributed by atoms with E-state index < -0.39 is 0 Å². The number of hydrogen-bond donors (Lipinski definition) is 2. The van der Waals surface area contributed by atoms with Gasteiger partial charge in [-0.1, -0.05) is 17.7 Å². The van der Waals surface area contributed by atoms with Gasteiger partial charge < -0.3 is 10.1 Å². The van der Waals surface area contributed by atoms with Gasteiger partial charge in [-0.25, -0.2) is 0 Å². The molecular weight excluding hydrogens is 266 g/mol. The summed E-state index contributed by atoms with van der Waals surface area (Å²) in [4.78, 5) is 11.9. The molecule has 5 heteroatoms. The standard InChI is InChI=1S/C16H15N3O2/c1-11-2-6-14(7-3-11)21-10-16(20)18-13-5-4-12-9-17-19-15(12)8-13/h2-9H,10H2,1H3,(H,17,19)(H,18,20). The first-order valence-electron chi connectivity index (χ1n) is 6.63. The summed E-state index contributed by atoms with van der Waals surface area (Å²) in [6.07, 6.45) is 1.74. The number of ether oxygens (including phenoxy) is 1. The van der Waals surface area contributed by atoms with Crippen molar-refractivity contribution in [3.8, 4) is 5.75 Å². The van der Waals surface area contributed by atoms with Gasteiger partial charge in [-0.3, -0.25) is 9.89 Å². The Hall–Kier alpha value is -2.82. The Bertz CT molecular complexity index is 763. The second-order valence-electron chi connectivity index (χ2n) is 4.82. The molecule has 0 bridgehead atoms. The molecule has 1 aromatic heterocycles. The second kappa shape index (κ2) is 5.66. The van der Waals surface area contributed by atoms with Gasteiger partial charge in [0.2, 0.25) is 0 Å². The predicted octanol–water partition coefficient (Wildman–Crippen LogP) is 2.89. The summed E-state index contributed by atoms with van der Waals surface area (Å²) < 4.78 is 5.44. The molecule has 0 aliphatic rings. The normalized spacial score (nSPS) is 10.5. The van der Waals surface area contributed by atoms with Gasteiger partial charge in [0.1, 0.15) is 5.75 Å². The third kappa shape index (κ3) is 3.20. The van der Waals surface area contributed by atoms with E-state index in [-0.39, 0.29) is 12.5 Å². The summed E-state index contributed by atoms with van der Waals surface area (Å²) in [7, 11) is 0. The summed E-state index contributed by atoms with van der Waals surface area (Å²) in [5.74, 6) is 0.481. The molecule has 0 spiro atoms. The van der Waals surface area contributed by atoms with Gasteiger partial charge in [0.15, 0.2) is 6.61 Å². The van der Waals surface area contributed by atoms with Crippen LogP contribution in [0.25, 0.3) is 10.9 Å². The van der Waals surface area contributed by atoms with E-state index >= 15 is 0 Å². The number of aryl methyl sites for hydroxylation is 1. The number of aromatic nitrogens is 2. The van der Waals surface area contributed by atoms with Gasteiger partial charge in [0.25, 0.3) is 5.91 Å². The lowest BCUT2D eigenvalue weighted by Gasteiger charge is -2.07. The maximum absolute atomic E-state index is 11.9. The van der Waals surface area contributed by atoms with Crippen LogP contribution in [0.2, 0.25) is 0 Å². The van der Waals surface area contributed by atoms with Gasteiger partial charge in [-0.2, -0.15) is 5.10 Å². The number of hydrogen-bond acceptors (Lipinski definition) is 3. The van der Waals surface area contributed by atoms with Crippen LogP contribution in [0.1, 0.15) is 5.56 Å². The van der Waals surface area contributed by atoms with Crippen LogP contribution in [-0.2, 0) is 4.79 Å². The quantitative estimate of drug-likeness (QED) is 0.772. The highest BCUT2D eigenvalue weighted by atomic mass is 16.5. The number of fused-ring (bicyclic) bond motifs is 1. The van der Waals surface area contributed by atoms with Crippen LogP contribution >= 0.6 is 0 Å². The van der Waals surface area contributed by atoms with E-state index in [2.05, 4.69) is 15.5 Å². The van der Waals surface area contributed by atoms with Crippen molar-refractivity contribution >= 4 is 22.5 Å². The van der Waals surface area contributed by atoms with Crippen LogP contribution in [0, 0.1) is 6.92 Å². The van der Waals surface area contributed by atoms with Crippen molar-refractivity contribution < 1.29 is 9.53 Å². The smallest absolute Gasteiger partial charge is 0.262 e. The Kier molecular flexibility index (Phi) is 3.55. The third-order valence-electron chi connectivity index (χ3n) is 3.12. The number of carbonyl (C=O) groups excluding carboxylic acids is 1. The summed E-state index contributed by atoms with van der Waals surface area (Å²) >= 11 is 0. The van der Waals surface area contributed by atoms with Gasteiger partial charge in [0.05, 0.1) is 11.7 Å². The van der Waals surface area contributed by atoms with Crippen LogP contribution in [-0.4, -0.2) is 22.7 Å². The number of amides is 1. The lowest BCUT2D eigenvalue weighted by molar-refractivity contribution is -0.118. The number of nitrogens with zero attached hydrogens (tertiary/aromatic N) is 1. The molecule has 3 aromatic rings. The topological polar surface area (TPSA) is 67.0 Å². The monoisotopic (exact) mass is 281 g/mol. The molecule has 0 saturated heterocycles. The Labute approximate surface area is 121 Å². The van der Waals surface area contributed by atoms with E-state index in [1.54, 1.807) is 6.20 Å². The number of carbonyl (C=O) groups is 1. The Morgan fingerprint density at radius 3 is 2.86 bits per heavy atom. The largest absolute Gasteiger partial charge is 0.484 e. The molecule has 2 aromatic carbocycles. The zero-order valence-electron chi connectivity index (χ0n) is 11.6. The number of rotatable bonds is 4. The zero-order chi connectivity index (χ0) is 14.7. The molecule has 3 rings (SSSR count). The first kappa shape index (κ1) is 13.2. The fourth-order valence-electron chi connectivity index (χ4n) is 2.00. The van der Waals surface area contributed by atoms with Crippen LogP contribution in [0.5, 0.6) is 5.75 Å². The van der Waals surface area contributed by atoms with Crippen LogP contribution in [0.15, 0.2) is 48.7 Å². The molecule has 0 radical (unpaired) electrons. The molecule has 5 nitrogen and oxygen atoms in total. The van der Waals surface area contributed by atoms with Crippen molar-refractivity contribution in [3.63, 3.8) is 0 Å². The van der Waals surface area contributed by atoms with Gasteiger partial charge in [-0.05, 0) is 37.3 Å². The van der Waals surface area contributed by atoms with Crippen LogP contribution < -0.4 is 10.1 Å². The van der Waals surface area contributed by atoms with E-state index in [1.807, 2.05) is 49.4 Å². The van der Waals surface area contributed by atoms with Gasteiger partial charge in [0, 0.05) is 11.1 Å². The molecule has 0 aliphatic heterocycles. The lowest BCUT2D eigenvalue weighted by atomic mass is 10.2. The maximum atomic E-state index is 11.9. The van der Waals surface area contributed by atoms with Crippen molar-refractivity contribution in [2.24, 2.45) is 0 Å². The number of benzene rings is 2. The number of H-pyrrole nitrogens is 1. The van der Waals surface area contributed by atoms with E-state index in [4.69, 9.17) is 4.74 Å². The van der Waals surface area contributed by atoms with Crippen molar-refractivity contribution in [2.75, 3.05) is 11.9 Å². The van der Waals surface area contributed by atoms with E-state index in [1.165, 1.54) is 0 Å². The van der Waals surface area contributed by atoms with E-state index in [0.717, 1.165) is 16.5 Å². The summed E-state index contributed by atoms with van der Waals surface area (Å²) in [5, 5.41) is 10.6. The van der Waals surface area contributed by atoms with E-state index in [0.29, 0.717) is 11.4 Å². The minimum Gasteiger partial charge on any atom is -0.484 e. The highest BCUT2D eigenvalue weighted by molar-refractivity contribution is 5.94. The molecule has 0 atom stereocenters. The third-order valence-corrected chi connectivity index (χ3v) is 3.12. The van der Waals surface area contributed by atoms with Crippen molar-refractivity contribution in [1.82, 2.24) is 10.2 Å². The highest BCUT2D eigenvalue weighted by Crippen LogP contribution is 2.16. The van der Waals surface area contributed by atoms with Gasteiger partial charge in [-0.15, -0.1) is 0 Å². The van der Waals surface area contributed by atoms with Crippen molar-refractivity contribution in [2.45, 2.75) is 6.92 Å². The summed E-state index contributed by atoms with van der Waals surface area (Å²) in [6, 6.07) is 13.2. The molecule has 0 unspecified atom stereocenters. The number of anilines is 1. The first-order chi connectivity index (χ1) is 10.2. The minimum absolute atomic E-state index is 0.0237. The molecule has 0 fully saturated rings. The molecule has 1 heterocycles. The van der Waals surface area contributed by atoms with Crippen molar-refractivity contribution in [1.29, 1.82) is 0 Å². The molecular formula is C16H15N3O2. The van der Waals surface area contributed by atoms with E-state index in [9.17, 15) is 4.79 Å². The fraction of sp³-hybridized carbons (Fsp3) is 0.125. The molecule has 21 heavy (non-hydrogen) atoms. The van der Waals surface area contributed by atoms with Crippen LogP contribution in [0.3, 0.4) is 0 Å². The minimum atomic E-state index is -0.200. The molecule has 0 saturated carbocycles. The van der Waals surface area contributed by atoms with Crippen LogP contribution in [0.4, 0.5) is 5.69 Å². The lowest BCUT2D eigenvalue weighted by Crippen LogP contribution is -2.20. The highest BCUT2D eigenvalue weighted by Gasteiger charge is 2.05. The molecule has 2 N–H and O–H groups in total. The predicted molar refractivity (Wildman–Crippen MR) is 81.4 cm³/mol. The molecule has 1 amide bonds. The molecule has 106 valence electrons. The summed E-state index contributed by atoms with van der Waals surface area (Å²) in [5.41, 5.74) is 2.75. The number of nitrogens with one attached hydrogen (secondary N) is 2. The summed E-state index contributed by atoms with van der Waals surface area (Å²) in [6.45, 7) is 1.98. The average molecular weight is 281 g/mol. The average Bonchev–Trinajstić information content (AvgIpc) is 2.94. The Balaban J connectivity index is 1.59. The van der Waals surface area contributed by atoms with Crippen molar-refractivity contribution in [3.05, 3.63) is 54.2 Å². The first-order valence-corrected chi connectivity index (χ1v) is 6.63. The Morgan fingerprint density at radius 2 is 2.05 bits per heavy atom. The zero-order valence-corrected chi connectivity index (χ0v) is 11.6. The SMILES string of the molecule is Cc1ccc(OCC(=O)Nc2ccc3cn[nH]c3c2)cc1. The Morgan fingerprint density at radius 1 is 1.24 bits per heavy atom. The van der Waals surface area contributed by atoms with Gasteiger partial charge >= 0.3 is 0 Å². The maximum Gasteiger partial charge on any atom is 0.262 e. The fourth-order valence-corrected chi connectivity index (χ4v) is 2.00. The second-order valence-corrected chi connectivity index (χ2v) is 4.82. The number of aromatic amines is 1.